The molecule has 1 aromatic carbocycles. The normalized spacial score (nSPS) is 19.2. The summed E-state index contributed by atoms with van der Waals surface area (Å²) in [6, 6.07) is 4.09. The monoisotopic (exact) mass is 328 g/mol. The minimum atomic E-state index is -4.35. The van der Waals surface area contributed by atoms with Crippen LogP contribution in [0.5, 0.6) is 0 Å². The number of nitrogens with zero attached hydrogens (tertiary/aromatic N) is 1. The van der Waals surface area contributed by atoms with Crippen molar-refractivity contribution in [2.75, 3.05) is 20.1 Å². The number of hydrogen-bond acceptors (Lipinski definition) is 2. The van der Waals surface area contributed by atoms with E-state index in [4.69, 9.17) is 11.6 Å². The van der Waals surface area contributed by atoms with Gasteiger partial charge in [-0.1, -0.05) is 11.6 Å². The van der Waals surface area contributed by atoms with Crippen LogP contribution in [-0.2, 0) is 12.7 Å². The quantitative estimate of drug-likeness (QED) is 0.912. The molecule has 0 aliphatic carbocycles. The molecule has 2 rings (SSSR count). The van der Waals surface area contributed by atoms with E-state index in [1.54, 1.807) is 6.07 Å². The number of benzene rings is 1. The van der Waals surface area contributed by atoms with Crippen LogP contribution in [0.1, 0.15) is 17.5 Å². The molecule has 20 heavy (non-hydrogen) atoms. The second-order valence-electron chi connectivity index (χ2n) is 4.91. The Bertz CT molecular complexity index is 446. The largest absolute Gasteiger partial charge is 0.416 e. The van der Waals surface area contributed by atoms with Crippen molar-refractivity contribution in [3.05, 3.63) is 34.3 Å². The van der Waals surface area contributed by atoms with E-state index in [0.717, 1.165) is 25.6 Å². The topological polar surface area (TPSA) is 15.3 Å². The molecule has 0 spiro atoms. The van der Waals surface area contributed by atoms with Crippen LogP contribution in [0.4, 0.5) is 13.2 Å². The van der Waals surface area contributed by atoms with Crippen molar-refractivity contribution in [1.29, 1.82) is 0 Å². The summed E-state index contributed by atoms with van der Waals surface area (Å²) in [7, 11) is 1.92. The smallest absolute Gasteiger partial charge is 0.315 e. The molecule has 1 aromatic rings. The Kier molecular flexibility index (Phi) is 6.13. The lowest BCUT2D eigenvalue weighted by Crippen LogP contribution is -2.32. The van der Waals surface area contributed by atoms with E-state index >= 15 is 0 Å². The van der Waals surface area contributed by atoms with Gasteiger partial charge in [0.05, 0.1) is 5.56 Å². The van der Waals surface area contributed by atoms with Gasteiger partial charge in [-0.3, -0.25) is 4.90 Å². The fraction of sp³-hybridized carbons (Fsp3) is 0.538. The Morgan fingerprint density at radius 2 is 2.05 bits per heavy atom. The highest BCUT2D eigenvalue weighted by atomic mass is 35.5. The molecule has 1 aliphatic heterocycles. The van der Waals surface area contributed by atoms with Gasteiger partial charge in [0.25, 0.3) is 0 Å². The van der Waals surface area contributed by atoms with E-state index in [0.29, 0.717) is 18.2 Å². The van der Waals surface area contributed by atoms with Crippen LogP contribution in [0.25, 0.3) is 0 Å². The van der Waals surface area contributed by atoms with Crippen LogP contribution in [0.2, 0.25) is 5.02 Å². The van der Waals surface area contributed by atoms with Gasteiger partial charge in [0.2, 0.25) is 0 Å². The van der Waals surface area contributed by atoms with E-state index in [1.165, 1.54) is 6.07 Å². The van der Waals surface area contributed by atoms with Gasteiger partial charge in [-0.15, -0.1) is 12.4 Å². The molecule has 0 aromatic heterocycles. The zero-order valence-electron chi connectivity index (χ0n) is 11.0. The molecule has 1 N–H and O–H groups in total. The maximum Gasteiger partial charge on any atom is 0.416 e. The molecular weight excluding hydrogens is 312 g/mol. The van der Waals surface area contributed by atoms with Crippen LogP contribution in [0, 0.1) is 0 Å². The van der Waals surface area contributed by atoms with E-state index in [9.17, 15) is 13.2 Å². The molecule has 0 saturated carbocycles. The van der Waals surface area contributed by atoms with Gasteiger partial charge in [-0.25, -0.2) is 0 Å². The molecule has 1 unspecified atom stereocenters. The third kappa shape index (κ3) is 4.52. The fourth-order valence-corrected chi connectivity index (χ4v) is 2.60. The second-order valence-corrected chi connectivity index (χ2v) is 5.34. The molecular formula is C13H17Cl2F3N2. The van der Waals surface area contributed by atoms with Crippen molar-refractivity contribution >= 4 is 24.0 Å². The summed E-state index contributed by atoms with van der Waals surface area (Å²) >= 11 is 5.77. The van der Waals surface area contributed by atoms with Gasteiger partial charge < -0.3 is 5.32 Å². The summed E-state index contributed by atoms with van der Waals surface area (Å²) in [4.78, 5) is 2.06. The maximum atomic E-state index is 12.7. The van der Waals surface area contributed by atoms with E-state index in [-0.39, 0.29) is 17.4 Å². The van der Waals surface area contributed by atoms with Crippen molar-refractivity contribution in [1.82, 2.24) is 10.2 Å². The summed E-state index contributed by atoms with van der Waals surface area (Å²) in [6.45, 7) is 2.30. The second kappa shape index (κ2) is 6.98. The molecule has 1 atom stereocenters. The number of likely N-dealkylation sites (N-methyl/N-ethyl adjacent to an activating group) is 1. The van der Waals surface area contributed by atoms with Crippen molar-refractivity contribution in [3.8, 4) is 0 Å². The highest BCUT2D eigenvalue weighted by Gasteiger charge is 2.31. The fourth-order valence-electron chi connectivity index (χ4n) is 2.34. The first-order valence-electron chi connectivity index (χ1n) is 6.14. The van der Waals surface area contributed by atoms with Gasteiger partial charge in [-0.2, -0.15) is 13.2 Å². The van der Waals surface area contributed by atoms with E-state index < -0.39 is 11.7 Å². The van der Waals surface area contributed by atoms with Crippen molar-refractivity contribution in [2.45, 2.75) is 25.2 Å². The molecule has 1 aliphatic rings. The van der Waals surface area contributed by atoms with Crippen LogP contribution >= 0.6 is 24.0 Å². The minimum absolute atomic E-state index is 0. The maximum absolute atomic E-state index is 12.7. The lowest BCUT2D eigenvalue weighted by atomic mass is 10.1. The molecule has 2 nitrogen and oxygen atoms in total. The van der Waals surface area contributed by atoms with Crippen molar-refractivity contribution in [3.63, 3.8) is 0 Å². The van der Waals surface area contributed by atoms with Gasteiger partial charge in [-0.05, 0) is 43.8 Å². The molecule has 0 amide bonds. The van der Waals surface area contributed by atoms with E-state index in [2.05, 4.69) is 10.2 Å². The van der Waals surface area contributed by atoms with E-state index in [1.807, 2.05) is 7.05 Å². The highest BCUT2D eigenvalue weighted by molar-refractivity contribution is 6.30. The number of alkyl halides is 3. The van der Waals surface area contributed by atoms with Crippen LogP contribution in [0.15, 0.2) is 18.2 Å². The van der Waals surface area contributed by atoms with Gasteiger partial charge in [0.15, 0.2) is 0 Å². The molecule has 7 heteroatoms. The number of hydrogen-bond donors (Lipinski definition) is 1. The van der Waals surface area contributed by atoms with Gasteiger partial charge in [0, 0.05) is 24.2 Å². The van der Waals surface area contributed by atoms with Gasteiger partial charge >= 0.3 is 6.18 Å². The first-order valence-corrected chi connectivity index (χ1v) is 6.51. The Labute approximate surface area is 127 Å². The third-order valence-corrected chi connectivity index (χ3v) is 3.59. The Hall–Kier alpha value is -0.490. The Morgan fingerprint density at radius 1 is 1.35 bits per heavy atom. The predicted molar refractivity (Wildman–Crippen MR) is 76.4 cm³/mol. The summed E-state index contributed by atoms with van der Waals surface area (Å²) in [6.07, 6.45) is -3.34. The summed E-state index contributed by atoms with van der Waals surface area (Å²) in [5, 5.41) is 3.37. The number of halogens is 5. The predicted octanol–water partition coefficient (Wildman–Crippen LogP) is 3.57. The molecule has 1 fully saturated rings. The average molecular weight is 329 g/mol. The molecule has 1 heterocycles. The highest BCUT2D eigenvalue weighted by Crippen LogP contribution is 2.32. The zero-order chi connectivity index (χ0) is 14.0. The Morgan fingerprint density at radius 3 is 2.60 bits per heavy atom. The Balaban J connectivity index is 0.00000200. The average Bonchev–Trinajstić information content (AvgIpc) is 2.80. The molecule has 0 bridgehead atoms. The first-order chi connectivity index (χ1) is 8.86. The summed E-state index contributed by atoms with van der Waals surface area (Å²) < 4.78 is 38.1. The van der Waals surface area contributed by atoms with Gasteiger partial charge in [0.1, 0.15) is 0 Å². The molecule has 0 radical (unpaired) electrons. The number of nitrogens with one attached hydrogen (secondary N) is 1. The molecule has 1 saturated heterocycles. The summed E-state index contributed by atoms with van der Waals surface area (Å²) in [5.41, 5.74) is -0.0952. The van der Waals surface area contributed by atoms with Crippen LogP contribution in [-0.4, -0.2) is 31.1 Å². The number of rotatable bonds is 3. The SMILES string of the molecule is CN(Cc1cc(Cl)cc(C(F)(F)F)c1)C1CCNC1.Cl. The standard InChI is InChI=1S/C13H16ClF3N2.ClH/c1-19(12-2-3-18-7-12)8-9-4-10(13(15,16)17)6-11(14)5-9;/h4-6,12,18H,2-3,7-8H2,1H3;1H. The molecule has 114 valence electrons. The lowest BCUT2D eigenvalue weighted by molar-refractivity contribution is -0.137. The van der Waals surface area contributed by atoms with Crippen LogP contribution < -0.4 is 5.32 Å². The minimum Gasteiger partial charge on any atom is -0.315 e. The lowest BCUT2D eigenvalue weighted by Gasteiger charge is -2.24. The first kappa shape index (κ1) is 17.6. The van der Waals surface area contributed by atoms with Crippen molar-refractivity contribution in [2.24, 2.45) is 0 Å². The zero-order valence-corrected chi connectivity index (χ0v) is 12.6. The summed E-state index contributed by atoms with van der Waals surface area (Å²) in [5.74, 6) is 0. The van der Waals surface area contributed by atoms with Crippen molar-refractivity contribution < 1.29 is 13.2 Å². The third-order valence-electron chi connectivity index (χ3n) is 3.37. The van der Waals surface area contributed by atoms with Crippen LogP contribution in [0.3, 0.4) is 0 Å².